The summed E-state index contributed by atoms with van der Waals surface area (Å²) in [5, 5.41) is 3.08. The summed E-state index contributed by atoms with van der Waals surface area (Å²) in [6.07, 6.45) is 6.59. The smallest absolute Gasteiger partial charge is 0.239 e. The number of aryl methyl sites for hydroxylation is 1. The van der Waals surface area contributed by atoms with E-state index in [1.807, 2.05) is 29.8 Å². The molecule has 1 N–H and O–H groups in total. The molecule has 0 bridgehead atoms. The Bertz CT molecular complexity index is 388. The van der Waals surface area contributed by atoms with Crippen molar-refractivity contribution in [3.8, 4) is 0 Å². The van der Waals surface area contributed by atoms with E-state index in [-0.39, 0.29) is 11.9 Å². The van der Waals surface area contributed by atoms with Gasteiger partial charge in [-0.1, -0.05) is 0 Å². The highest BCUT2D eigenvalue weighted by Crippen LogP contribution is 2.12. The third kappa shape index (κ3) is 2.66. The first kappa shape index (κ1) is 12.1. The number of carbonyl (C=O) groups is 1. The van der Waals surface area contributed by atoms with E-state index in [1.54, 1.807) is 6.20 Å². The van der Waals surface area contributed by atoms with Gasteiger partial charge in [0.1, 0.15) is 5.82 Å². The van der Waals surface area contributed by atoms with Crippen molar-refractivity contribution in [3.05, 3.63) is 18.2 Å². The number of nitrogens with one attached hydrogen (secondary N) is 1. The maximum atomic E-state index is 12.0. The molecule has 17 heavy (non-hydrogen) atoms. The van der Waals surface area contributed by atoms with Crippen LogP contribution < -0.4 is 5.32 Å². The Morgan fingerprint density at radius 3 is 3.06 bits per heavy atom. The van der Waals surface area contributed by atoms with Crippen LogP contribution in [0.3, 0.4) is 0 Å². The number of rotatable bonds is 4. The summed E-state index contributed by atoms with van der Waals surface area (Å²) in [4.78, 5) is 18.3. The molecule has 0 saturated carbocycles. The number of hydrogen-bond donors (Lipinski definition) is 1. The second kappa shape index (κ2) is 5.31. The molecular weight excluding hydrogens is 216 g/mol. The highest BCUT2D eigenvalue weighted by Gasteiger charge is 2.26. The predicted octanol–water partition coefficient (Wildman–Crippen LogP) is 0.173. The number of aromatic nitrogens is 2. The summed E-state index contributed by atoms with van der Waals surface area (Å²) in [5.74, 6) is 1.26. The van der Waals surface area contributed by atoms with Crippen LogP contribution in [0.4, 0.5) is 0 Å². The van der Waals surface area contributed by atoms with Crippen molar-refractivity contribution in [2.24, 2.45) is 7.05 Å². The van der Waals surface area contributed by atoms with E-state index in [2.05, 4.69) is 10.3 Å². The number of likely N-dealkylation sites (N-methyl/N-ethyl adjacent to an activating group) is 1. The van der Waals surface area contributed by atoms with Gasteiger partial charge in [-0.25, -0.2) is 4.98 Å². The summed E-state index contributed by atoms with van der Waals surface area (Å²) in [5.41, 5.74) is 0. The molecule has 1 unspecified atom stereocenters. The Labute approximate surface area is 102 Å². The molecule has 94 valence electrons. The van der Waals surface area contributed by atoms with Crippen LogP contribution in [0, 0.1) is 0 Å². The lowest BCUT2D eigenvalue weighted by Gasteiger charge is -2.32. The van der Waals surface area contributed by atoms with Gasteiger partial charge in [0.25, 0.3) is 0 Å². The zero-order valence-electron chi connectivity index (χ0n) is 10.5. The van der Waals surface area contributed by atoms with Gasteiger partial charge in [-0.2, -0.15) is 0 Å². The minimum absolute atomic E-state index is 0.00474. The lowest BCUT2D eigenvalue weighted by atomic mass is 10.0. The molecule has 0 radical (unpaired) electrons. The Kier molecular flexibility index (Phi) is 3.78. The minimum Gasteiger partial charge on any atom is -0.341 e. The van der Waals surface area contributed by atoms with Crippen LogP contribution >= 0.6 is 0 Å². The van der Waals surface area contributed by atoms with Crippen molar-refractivity contribution < 1.29 is 4.79 Å². The summed E-state index contributed by atoms with van der Waals surface area (Å²) < 4.78 is 2.00. The third-order valence-electron chi connectivity index (χ3n) is 3.41. The fraction of sp³-hybridized carbons (Fsp3) is 0.667. The van der Waals surface area contributed by atoms with Gasteiger partial charge < -0.3 is 14.8 Å². The van der Waals surface area contributed by atoms with Gasteiger partial charge in [-0.05, 0) is 19.9 Å². The molecule has 1 fully saturated rings. The highest BCUT2D eigenvalue weighted by molar-refractivity contribution is 5.82. The Balaban J connectivity index is 1.90. The Morgan fingerprint density at radius 1 is 1.59 bits per heavy atom. The van der Waals surface area contributed by atoms with Gasteiger partial charge in [0.05, 0.1) is 6.04 Å². The molecule has 5 heteroatoms. The number of imidazole rings is 1. The van der Waals surface area contributed by atoms with Crippen LogP contribution in [-0.2, 0) is 18.3 Å². The molecule has 0 aromatic carbocycles. The Morgan fingerprint density at radius 2 is 2.41 bits per heavy atom. The van der Waals surface area contributed by atoms with Gasteiger partial charge in [0.2, 0.25) is 5.91 Å². The molecule has 1 aromatic rings. The van der Waals surface area contributed by atoms with Crippen molar-refractivity contribution in [1.82, 2.24) is 19.8 Å². The number of piperidine rings is 1. The summed E-state index contributed by atoms with van der Waals surface area (Å²) in [6.45, 7) is 1.64. The summed E-state index contributed by atoms with van der Waals surface area (Å²) >= 11 is 0. The summed E-state index contributed by atoms with van der Waals surface area (Å²) in [6, 6.07) is 0.00474. The maximum absolute atomic E-state index is 12.0. The number of likely N-dealkylation sites (tertiary alicyclic amines) is 1. The van der Waals surface area contributed by atoms with E-state index in [1.165, 1.54) is 0 Å². The molecule has 0 spiro atoms. The van der Waals surface area contributed by atoms with Crippen LogP contribution in [0.1, 0.15) is 18.7 Å². The average molecular weight is 236 g/mol. The van der Waals surface area contributed by atoms with E-state index in [9.17, 15) is 4.79 Å². The molecular formula is C12H20N4O. The van der Waals surface area contributed by atoms with Crippen LogP contribution in [0.2, 0.25) is 0 Å². The van der Waals surface area contributed by atoms with Crippen molar-refractivity contribution in [3.63, 3.8) is 0 Å². The average Bonchev–Trinajstić information content (AvgIpc) is 2.74. The van der Waals surface area contributed by atoms with E-state index in [0.717, 1.165) is 38.2 Å². The first-order valence-corrected chi connectivity index (χ1v) is 6.14. The van der Waals surface area contributed by atoms with Crippen LogP contribution in [0.25, 0.3) is 0 Å². The number of nitrogens with zero attached hydrogens (tertiary/aromatic N) is 3. The first-order valence-electron chi connectivity index (χ1n) is 6.14. The van der Waals surface area contributed by atoms with Crippen molar-refractivity contribution in [2.75, 3.05) is 20.1 Å². The quantitative estimate of drug-likeness (QED) is 0.811. The molecule has 0 aliphatic carbocycles. The molecule has 2 rings (SSSR count). The van der Waals surface area contributed by atoms with E-state index >= 15 is 0 Å². The summed E-state index contributed by atoms with van der Waals surface area (Å²) in [7, 11) is 3.83. The first-order chi connectivity index (χ1) is 8.22. The maximum Gasteiger partial charge on any atom is 0.239 e. The minimum atomic E-state index is 0.00474. The van der Waals surface area contributed by atoms with Gasteiger partial charge in [-0.3, -0.25) is 4.79 Å². The fourth-order valence-electron chi connectivity index (χ4n) is 2.30. The van der Waals surface area contributed by atoms with Gasteiger partial charge >= 0.3 is 0 Å². The molecule has 1 aliphatic heterocycles. The number of carbonyl (C=O) groups excluding carboxylic acids is 1. The molecule has 1 saturated heterocycles. The molecule has 1 aliphatic rings. The molecule has 5 nitrogen and oxygen atoms in total. The van der Waals surface area contributed by atoms with Crippen molar-refractivity contribution in [1.29, 1.82) is 0 Å². The normalized spacial score (nSPS) is 20.9. The number of hydrogen-bond acceptors (Lipinski definition) is 3. The topological polar surface area (TPSA) is 50.2 Å². The predicted molar refractivity (Wildman–Crippen MR) is 65.6 cm³/mol. The largest absolute Gasteiger partial charge is 0.341 e. The fourth-order valence-corrected chi connectivity index (χ4v) is 2.30. The van der Waals surface area contributed by atoms with Crippen molar-refractivity contribution >= 4 is 5.91 Å². The van der Waals surface area contributed by atoms with E-state index in [4.69, 9.17) is 0 Å². The number of amides is 1. The standard InChI is InChI=1S/C12H20N4O/c1-13-10-4-3-7-16(12(10)17)8-5-11-14-6-9-15(11)2/h6,9-10,13H,3-5,7-8H2,1-2H3. The lowest BCUT2D eigenvalue weighted by molar-refractivity contribution is -0.135. The van der Waals surface area contributed by atoms with Crippen LogP contribution in [0.15, 0.2) is 12.4 Å². The van der Waals surface area contributed by atoms with Crippen LogP contribution in [-0.4, -0.2) is 46.5 Å². The second-order valence-electron chi connectivity index (χ2n) is 4.51. The zero-order valence-corrected chi connectivity index (χ0v) is 10.5. The molecule has 1 amide bonds. The molecule has 1 atom stereocenters. The molecule has 2 heterocycles. The van der Waals surface area contributed by atoms with Crippen LogP contribution in [0.5, 0.6) is 0 Å². The second-order valence-corrected chi connectivity index (χ2v) is 4.51. The van der Waals surface area contributed by atoms with E-state index in [0.29, 0.717) is 0 Å². The SMILES string of the molecule is CNC1CCCN(CCc2nccn2C)C1=O. The van der Waals surface area contributed by atoms with Gasteiger partial charge in [0, 0.05) is 39.0 Å². The van der Waals surface area contributed by atoms with E-state index < -0.39 is 0 Å². The Hall–Kier alpha value is -1.36. The van der Waals surface area contributed by atoms with Gasteiger partial charge in [-0.15, -0.1) is 0 Å². The zero-order chi connectivity index (χ0) is 12.3. The third-order valence-corrected chi connectivity index (χ3v) is 3.41. The molecule has 1 aromatic heterocycles. The highest BCUT2D eigenvalue weighted by atomic mass is 16.2. The van der Waals surface area contributed by atoms with Gasteiger partial charge in [0.15, 0.2) is 0 Å². The van der Waals surface area contributed by atoms with Crippen molar-refractivity contribution in [2.45, 2.75) is 25.3 Å². The monoisotopic (exact) mass is 236 g/mol. The lowest BCUT2D eigenvalue weighted by Crippen LogP contribution is -2.50.